The molecule has 3 aromatic rings. The maximum atomic E-state index is 13.4. The molecule has 1 saturated heterocycles. The smallest absolute Gasteiger partial charge is 0.412 e. The van der Waals surface area contributed by atoms with Gasteiger partial charge in [0.05, 0.1) is 0 Å². The summed E-state index contributed by atoms with van der Waals surface area (Å²) in [5.74, 6) is -0.0481. The van der Waals surface area contributed by atoms with Crippen LogP contribution in [0, 0.1) is 0 Å². The van der Waals surface area contributed by atoms with E-state index in [2.05, 4.69) is 9.97 Å². The molecule has 2 aliphatic heterocycles. The average molecular weight is 524 g/mol. The van der Waals surface area contributed by atoms with E-state index in [4.69, 9.17) is 21.1 Å². The second-order valence-corrected chi connectivity index (χ2v) is 10.2. The van der Waals surface area contributed by atoms with E-state index in [1.165, 1.54) is 9.80 Å². The fourth-order valence-electron chi connectivity index (χ4n) is 4.29. The minimum atomic E-state index is -1.01. The molecule has 10 nitrogen and oxygen atoms in total. The molecule has 4 heterocycles. The van der Waals surface area contributed by atoms with Gasteiger partial charge >= 0.3 is 12.2 Å². The third-order valence-corrected chi connectivity index (χ3v) is 6.27. The molecule has 0 aliphatic carbocycles. The topological polar surface area (TPSA) is 105 Å². The lowest BCUT2D eigenvalue weighted by molar-refractivity contribution is 0.00927. The Morgan fingerprint density at radius 2 is 1.57 bits per heavy atom. The van der Waals surface area contributed by atoms with Crippen LogP contribution in [0.4, 0.5) is 15.4 Å². The Labute approximate surface area is 218 Å². The first kappa shape index (κ1) is 24.8. The molecule has 5 rings (SSSR count). The van der Waals surface area contributed by atoms with Gasteiger partial charge in [0, 0.05) is 42.7 Å². The monoisotopic (exact) mass is 523 g/mol. The van der Waals surface area contributed by atoms with Crippen LogP contribution in [-0.4, -0.2) is 69.6 Å². The normalized spacial score (nSPS) is 17.7. The van der Waals surface area contributed by atoms with Crippen molar-refractivity contribution in [1.82, 2.24) is 19.8 Å². The molecule has 0 spiro atoms. The standard InChI is InChI=1S/C26H26ClN5O5/c1-26(2,3)37-25(35)31-14-12-30(13-15-31)24(34)36-23-18-7-5-4-6-17(18)22(33)32(23)20-11-9-16-8-10-19(27)28-21(16)29-20/h4-11,23H,12-15H2,1-3H3. The van der Waals surface area contributed by atoms with Gasteiger partial charge in [-0.2, -0.15) is 0 Å². The van der Waals surface area contributed by atoms with Crippen LogP contribution in [0.25, 0.3) is 11.0 Å². The van der Waals surface area contributed by atoms with Crippen molar-refractivity contribution < 1.29 is 23.9 Å². The Bertz CT molecular complexity index is 1380. The van der Waals surface area contributed by atoms with Crippen molar-refractivity contribution in [2.45, 2.75) is 32.6 Å². The molecule has 3 amide bonds. The maximum Gasteiger partial charge on any atom is 0.412 e. The number of nitrogens with zero attached hydrogens (tertiary/aromatic N) is 5. The first-order valence-corrected chi connectivity index (χ1v) is 12.3. The number of hydrogen-bond donors (Lipinski definition) is 0. The summed E-state index contributed by atoms with van der Waals surface area (Å²) in [4.78, 5) is 52.1. The predicted octanol–water partition coefficient (Wildman–Crippen LogP) is 4.63. The number of aromatic nitrogens is 2. The van der Waals surface area contributed by atoms with Crippen LogP contribution in [0.2, 0.25) is 5.15 Å². The number of hydrogen-bond acceptors (Lipinski definition) is 7. The van der Waals surface area contributed by atoms with Gasteiger partial charge in [-0.25, -0.2) is 19.6 Å². The molecule has 0 radical (unpaired) electrons. The van der Waals surface area contributed by atoms with Crippen molar-refractivity contribution in [1.29, 1.82) is 0 Å². The number of pyridine rings is 2. The largest absolute Gasteiger partial charge is 0.444 e. The van der Waals surface area contributed by atoms with E-state index in [0.29, 0.717) is 29.9 Å². The molecule has 2 aromatic heterocycles. The molecule has 1 aromatic carbocycles. The van der Waals surface area contributed by atoms with E-state index >= 15 is 0 Å². The van der Waals surface area contributed by atoms with E-state index in [9.17, 15) is 14.4 Å². The van der Waals surface area contributed by atoms with Crippen molar-refractivity contribution in [2.75, 3.05) is 31.1 Å². The number of carbonyl (C=O) groups excluding carboxylic acids is 3. The van der Waals surface area contributed by atoms with Gasteiger partial charge in [-0.1, -0.05) is 29.8 Å². The quantitative estimate of drug-likeness (QED) is 0.451. The maximum absolute atomic E-state index is 13.4. The van der Waals surface area contributed by atoms with Crippen molar-refractivity contribution in [3.05, 3.63) is 64.8 Å². The lowest BCUT2D eigenvalue weighted by atomic mass is 10.1. The van der Waals surface area contributed by atoms with E-state index in [1.807, 2.05) is 0 Å². The van der Waals surface area contributed by atoms with Crippen LogP contribution >= 0.6 is 11.6 Å². The van der Waals surface area contributed by atoms with Crippen LogP contribution < -0.4 is 4.90 Å². The molecule has 1 atom stereocenters. The van der Waals surface area contributed by atoms with Crippen LogP contribution in [0.1, 0.15) is 42.9 Å². The Balaban J connectivity index is 1.36. The summed E-state index contributed by atoms with van der Waals surface area (Å²) in [6.07, 6.45) is -2.02. The van der Waals surface area contributed by atoms with Crippen LogP contribution in [-0.2, 0) is 9.47 Å². The number of benzene rings is 1. The summed E-state index contributed by atoms with van der Waals surface area (Å²) in [7, 11) is 0. The minimum Gasteiger partial charge on any atom is -0.444 e. The molecular weight excluding hydrogens is 498 g/mol. The van der Waals surface area contributed by atoms with Gasteiger partial charge in [0.1, 0.15) is 16.6 Å². The fourth-order valence-corrected chi connectivity index (χ4v) is 4.43. The van der Waals surface area contributed by atoms with Crippen LogP contribution in [0.5, 0.6) is 0 Å². The number of ether oxygens (including phenoxy) is 2. The second kappa shape index (κ2) is 9.51. The Morgan fingerprint density at radius 1 is 0.919 bits per heavy atom. The Kier molecular flexibility index (Phi) is 6.36. The first-order chi connectivity index (χ1) is 17.6. The molecule has 37 heavy (non-hydrogen) atoms. The molecule has 192 valence electrons. The van der Waals surface area contributed by atoms with Crippen molar-refractivity contribution >= 4 is 46.5 Å². The van der Waals surface area contributed by atoms with Gasteiger partial charge in [0.2, 0.25) is 6.23 Å². The second-order valence-electron chi connectivity index (χ2n) is 9.80. The zero-order chi connectivity index (χ0) is 26.3. The van der Waals surface area contributed by atoms with E-state index < -0.39 is 24.0 Å². The Morgan fingerprint density at radius 3 is 2.27 bits per heavy atom. The van der Waals surface area contributed by atoms with Crippen molar-refractivity contribution in [3.63, 3.8) is 0 Å². The van der Waals surface area contributed by atoms with Crippen molar-refractivity contribution in [2.24, 2.45) is 0 Å². The summed E-state index contributed by atoms with van der Waals surface area (Å²) < 4.78 is 11.3. The van der Waals surface area contributed by atoms with Gasteiger partial charge in [-0.05, 0) is 51.1 Å². The van der Waals surface area contributed by atoms with E-state index in [1.54, 1.807) is 74.2 Å². The van der Waals surface area contributed by atoms with Crippen LogP contribution in [0.3, 0.4) is 0 Å². The highest BCUT2D eigenvalue weighted by Crippen LogP contribution is 2.38. The fraction of sp³-hybridized carbons (Fsp3) is 0.346. The number of rotatable bonds is 2. The number of amides is 3. The average Bonchev–Trinajstić information content (AvgIpc) is 3.14. The number of anilines is 1. The van der Waals surface area contributed by atoms with Crippen LogP contribution in [0.15, 0.2) is 48.5 Å². The predicted molar refractivity (Wildman–Crippen MR) is 136 cm³/mol. The lowest BCUT2D eigenvalue weighted by Crippen LogP contribution is -2.52. The third-order valence-electron chi connectivity index (χ3n) is 6.06. The minimum absolute atomic E-state index is 0.275. The summed E-state index contributed by atoms with van der Waals surface area (Å²) in [5.41, 5.74) is 0.763. The molecule has 11 heteroatoms. The highest BCUT2D eigenvalue weighted by atomic mass is 35.5. The highest BCUT2D eigenvalue weighted by molar-refractivity contribution is 6.29. The SMILES string of the molecule is CC(C)(C)OC(=O)N1CCN(C(=O)OC2c3ccccc3C(=O)N2c2ccc3ccc(Cl)nc3n2)CC1. The van der Waals surface area contributed by atoms with Gasteiger partial charge in [-0.15, -0.1) is 0 Å². The van der Waals surface area contributed by atoms with Crippen molar-refractivity contribution in [3.8, 4) is 0 Å². The number of fused-ring (bicyclic) bond motifs is 2. The molecule has 0 saturated carbocycles. The lowest BCUT2D eigenvalue weighted by Gasteiger charge is -2.36. The highest BCUT2D eigenvalue weighted by Gasteiger charge is 2.42. The Hall–Kier alpha value is -3.92. The molecule has 1 unspecified atom stereocenters. The first-order valence-electron chi connectivity index (χ1n) is 11.9. The summed E-state index contributed by atoms with van der Waals surface area (Å²) >= 11 is 6.04. The van der Waals surface area contributed by atoms with Gasteiger partial charge < -0.3 is 19.3 Å². The molecule has 1 fully saturated rings. The van der Waals surface area contributed by atoms with Gasteiger partial charge in [-0.3, -0.25) is 9.69 Å². The number of halogens is 1. The molecule has 2 aliphatic rings. The number of carbonyl (C=O) groups is 3. The molecule has 0 bridgehead atoms. The third kappa shape index (κ3) is 5.01. The molecular formula is C26H26ClN5O5. The van der Waals surface area contributed by atoms with Gasteiger partial charge in [0.25, 0.3) is 5.91 Å². The summed E-state index contributed by atoms with van der Waals surface area (Å²) in [6, 6.07) is 13.9. The molecule has 0 N–H and O–H groups in total. The van der Waals surface area contributed by atoms with Gasteiger partial charge in [0.15, 0.2) is 5.65 Å². The number of piperazine rings is 1. The summed E-state index contributed by atoms with van der Waals surface area (Å²) in [5, 5.41) is 1.04. The van der Waals surface area contributed by atoms with E-state index in [-0.39, 0.29) is 30.0 Å². The summed E-state index contributed by atoms with van der Waals surface area (Å²) in [6.45, 7) is 6.59. The zero-order valence-corrected chi connectivity index (χ0v) is 21.4. The zero-order valence-electron chi connectivity index (χ0n) is 20.7. The van der Waals surface area contributed by atoms with E-state index in [0.717, 1.165) is 5.39 Å².